The third kappa shape index (κ3) is 4.20. The topological polar surface area (TPSA) is 77.8 Å². The number of nitrogens with zero attached hydrogens (tertiary/aromatic N) is 4. The summed E-state index contributed by atoms with van der Waals surface area (Å²) in [5.41, 5.74) is 8.23. The minimum Gasteiger partial charge on any atom is -0.456 e. The Morgan fingerprint density at radius 2 is 1.02 bits per heavy atom. The van der Waals surface area contributed by atoms with Crippen LogP contribution < -0.4 is 0 Å². The Hall–Kier alpha value is -6.66. The maximum Gasteiger partial charge on any atom is 0.164 e. The van der Waals surface area contributed by atoms with E-state index in [0.717, 1.165) is 82.5 Å². The maximum atomic E-state index is 6.32. The van der Waals surface area contributed by atoms with Crippen molar-refractivity contribution >= 4 is 54.6 Å². The zero-order valence-corrected chi connectivity index (χ0v) is 25.5. The van der Waals surface area contributed by atoms with Gasteiger partial charge in [-0.3, -0.25) is 4.98 Å². The molecule has 0 saturated heterocycles. The normalized spacial score (nSPS) is 11.8. The van der Waals surface area contributed by atoms with Gasteiger partial charge < -0.3 is 8.83 Å². The summed E-state index contributed by atoms with van der Waals surface area (Å²) in [7, 11) is 0. The van der Waals surface area contributed by atoms with E-state index in [2.05, 4.69) is 59.6 Å². The van der Waals surface area contributed by atoms with Gasteiger partial charge in [-0.15, -0.1) is 0 Å². The highest BCUT2D eigenvalue weighted by Gasteiger charge is 2.18. The summed E-state index contributed by atoms with van der Waals surface area (Å²) in [6, 6.07) is 45.0. The molecule has 6 aromatic carbocycles. The fourth-order valence-electron chi connectivity index (χ4n) is 6.75. The third-order valence-electron chi connectivity index (χ3n) is 9.02. The number of aromatic nitrogens is 4. The first-order chi connectivity index (χ1) is 23.8. The summed E-state index contributed by atoms with van der Waals surface area (Å²) in [5, 5.41) is 6.36. The number of pyridine rings is 1. The van der Waals surface area contributed by atoms with Crippen molar-refractivity contribution in [3.63, 3.8) is 0 Å². The Balaban J connectivity index is 1.13. The number of rotatable bonds is 4. The molecule has 0 radical (unpaired) electrons. The lowest BCUT2D eigenvalue weighted by atomic mass is 9.97. The molecule has 6 heteroatoms. The van der Waals surface area contributed by atoms with Crippen LogP contribution in [0.1, 0.15) is 0 Å². The zero-order chi connectivity index (χ0) is 31.6. The van der Waals surface area contributed by atoms with Crippen molar-refractivity contribution in [2.45, 2.75) is 0 Å². The Labute approximate surface area is 274 Å². The first-order valence-electron chi connectivity index (χ1n) is 15.8. The summed E-state index contributed by atoms with van der Waals surface area (Å²) < 4.78 is 12.5. The average Bonchev–Trinajstić information content (AvgIpc) is 3.72. The summed E-state index contributed by atoms with van der Waals surface area (Å²) in [5.74, 6) is 1.80. The fourth-order valence-corrected chi connectivity index (χ4v) is 6.75. The van der Waals surface area contributed by atoms with Crippen LogP contribution in [0.2, 0.25) is 0 Å². The second-order valence-corrected chi connectivity index (χ2v) is 11.9. The van der Waals surface area contributed by atoms with Crippen molar-refractivity contribution in [2.24, 2.45) is 0 Å². The van der Waals surface area contributed by atoms with Gasteiger partial charge in [-0.25, -0.2) is 15.0 Å². The quantitative estimate of drug-likeness (QED) is 0.196. The van der Waals surface area contributed by atoms with Crippen LogP contribution in [-0.4, -0.2) is 19.9 Å². The van der Waals surface area contributed by atoms with Gasteiger partial charge >= 0.3 is 0 Å². The van der Waals surface area contributed by atoms with Crippen molar-refractivity contribution < 1.29 is 8.83 Å². The van der Waals surface area contributed by atoms with Gasteiger partial charge in [0.25, 0.3) is 0 Å². The smallest absolute Gasteiger partial charge is 0.164 e. The first-order valence-corrected chi connectivity index (χ1v) is 15.8. The molecule has 0 spiro atoms. The molecule has 0 amide bonds. The molecule has 0 unspecified atom stereocenters. The lowest BCUT2D eigenvalue weighted by Crippen LogP contribution is -2.00. The van der Waals surface area contributed by atoms with E-state index in [1.807, 2.05) is 91.3 Å². The van der Waals surface area contributed by atoms with Crippen LogP contribution >= 0.6 is 0 Å². The number of fused-ring (bicyclic) bond motifs is 7. The van der Waals surface area contributed by atoms with Crippen LogP contribution in [0.15, 0.2) is 155 Å². The number of hydrogen-bond acceptors (Lipinski definition) is 6. The summed E-state index contributed by atoms with van der Waals surface area (Å²) in [4.78, 5) is 19.4. The van der Waals surface area contributed by atoms with Gasteiger partial charge in [0, 0.05) is 56.0 Å². The monoisotopic (exact) mass is 616 g/mol. The molecule has 0 aliphatic heterocycles. The second kappa shape index (κ2) is 10.4. The number of furan rings is 2. The summed E-state index contributed by atoms with van der Waals surface area (Å²) in [6.45, 7) is 0. The minimum atomic E-state index is 0.594. The van der Waals surface area contributed by atoms with Gasteiger partial charge in [0.15, 0.2) is 17.5 Å². The fraction of sp³-hybridized carbons (Fsp3) is 0. The van der Waals surface area contributed by atoms with E-state index in [1.165, 1.54) is 0 Å². The van der Waals surface area contributed by atoms with Gasteiger partial charge in [-0.2, -0.15) is 0 Å². The zero-order valence-electron chi connectivity index (χ0n) is 25.5. The Kier molecular flexibility index (Phi) is 5.77. The van der Waals surface area contributed by atoms with E-state index in [-0.39, 0.29) is 0 Å². The highest BCUT2D eigenvalue weighted by Crippen LogP contribution is 2.39. The molecule has 10 rings (SSSR count). The molecule has 10 aromatic rings. The molecule has 0 aliphatic rings. The van der Waals surface area contributed by atoms with Gasteiger partial charge in [0.05, 0.1) is 0 Å². The molecule has 0 aliphatic carbocycles. The van der Waals surface area contributed by atoms with Crippen LogP contribution in [0.4, 0.5) is 0 Å². The van der Waals surface area contributed by atoms with E-state index in [4.69, 9.17) is 23.8 Å². The van der Waals surface area contributed by atoms with Crippen LogP contribution in [-0.2, 0) is 0 Å². The molecule has 0 saturated carbocycles. The summed E-state index contributed by atoms with van der Waals surface area (Å²) >= 11 is 0. The van der Waals surface area contributed by atoms with Crippen molar-refractivity contribution in [1.29, 1.82) is 0 Å². The molecular formula is C42H24N4O2. The van der Waals surface area contributed by atoms with Gasteiger partial charge in [0.2, 0.25) is 0 Å². The number of para-hydroxylation sites is 1. The Bertz CT molecular complexity index is 2840. The molecule has 0 fully saturated rings. The Morgan fingerprint density at radius 3 is 1.83 bits per heavy atom. The third-order valence-corrected chi connectivity index (χ3v) is 9.02. The molecule has 48 heavy (non-hydrogen) atoms. The van der Waals surface area contributed by atoms with E-state index in [0.29, 0.717) is 17.5 Å². The lowest BCUT2D eigenvalue weighted by molar-refractivity contribution is 0.669. The number of benzene rings is 6. The lowest BCUT2D eigenvalue weighted by Gasteiger charge is -2.10. The highest BCUT2D eigenvalue weighted by atomic mass is 16.3. The van der Waals surface area contributed by atoms with Crippen LogP contribution in [0, 0.1) is 0 Å². The predicted molar refractivity (Wildman–Crippen MR) is 191 cm³/mol. The maximum absolute atomic E-state index is 6.32. The second-order valence-electron chi connectivity index (χ2n) is 11.9. The van der Waals surface area contributed by atoms with E-state index in [9.17, 15) is 0 Å². The molecule has 4 heterocycles. The van der Waals surface area contributed by atoms with E-state index in [1.54, 1.807) is 0 Å². The van der Waals surface area contributed by atoms with Crippen molar-refractivity contribution in [3.05, 3.63) is 146 Å². The van der Waals surface area contributed by atoms with E-state index < -0.39 is 0 Å². The standard InChI is InChI=1S/C42H24N4O2/c1-2-8-26(9-3-1)40-44-41(46-42(45-40)32-12-7-15-36-39(32)31-10-4-5-13-34(31)47-36)27-18-16-25(17-19-27)30-11-6-14-35-38(30)33-22-29-24-43-21-20-28(29)23-37(33)48-35/h1-24H. The van der Waals surface area contributed by atoms with E-state index >= 15 is 0 Å². The van der Waals surface area contributed by atoms with Crippen LogP contribution in [0.25, 0.3) is 99.9 Å². The molecule has 0 atom stereocenters. The minimum absolute atomic E-state index is 0.594. The van der Waals surface area contributed by atoms with Gasteiger partial charge in [-0.05, 0) is 52.9 Å². The molecule has 224 valence electrons. The molecule has 0 N–H and O–H groups in total. The molecule has 6 nitrogen and oxygen atoms in total. The van der Waals surface area contributed by atoms with Crippen molar-refractivity contribution in [1.82, 2.24) is 19.9 Å². The average molecular weight is 617 g/mol. The largest absolute Gasteiger partial charge is 0.456 e. The highest BCUT2D eigenvalue weighted by molar-refractivity contribution is 6.15. The molecule has 0 bridgehead atoms. The van der Waals surface area contributed by atoms with Crippen LogP contribution in [0.3, 0.4) is 0 Å². The van der Waals surface area contributed by atoms with Crippen LogP contribution in [0.5, 0.6) is 0 Å². The molecule has 4 aromatic heterocycles. The van der Waals surface area contributed by atoms with Gasteiger partial charge in [0.1, 0.15) is 22.3 Å². The predicted octanol–water partition coefficient (Wildman–Crippen LogP) is 10.9. The first kappa shape index (κ1) is 26.5. The molecular weight excluding hydrogens is 592 g/mol. The SMILES string of the molecule is c1ccc(-c2nc(-c3ccc(-c4cccc5oc6cc7ccncc7cc6c45)cc3)nc(-c3cccc4oc5ccccc5c34)n2)cc1. The van der Waals surface area contributed by atoms with Crippen molar-refractivity contribution in [3.8, 4) is 45.3 Å². The number of hydrogen-bond donors (Lipinski definition) is 0. The van der Waals surface area contributed by atoms with Crippen molar-refractivity contribution in [2.75, 3.05) is 0 Å². The van der Waals surface area contributed by atoms with Gasteiger partial charge in [-0.1, -0.05) is 97.1 Å². The Morgan fingerprint density at radius 1 is 0.396 bits per heavy atom. The summed E-state index contributed by atoms with van der Waals surface area (Å²) in [6.07, 6.45) is 3.70.